The smallest absolute Gasteiger partial charge is 0.330 e. The van der Waals surface area contributed by atoms with Crippen LogP contribution < -0.4 is 4.74 Å². The maximum absolute atomic E-state index is 11.0. The number of rotatable bonds is 2. The van der Waals surface area contributed by atoms with Gasteiger partial charge in [-0.25, -0.2) is 4.79 Å². The number of fused-ring (bicyclic) bond motifs is 1. The van der Waals surface area contributed by atoms with E-state index in [1.165, 1.54) is 18.7 Å². The number of benzene rings is 1. The van der Waals surface area contributed by atoms with Crippen molar-refractivity contribution in [2.75, 3.05) is 7.11 Å². The fourth-order valence-electron chi connectivity index (χ4n) is 1.77. The highest BCUT2D eigenvalue weighted by molar-refractivity contribution is 9.10. The van der Waals surface area contributed by atoms with E-state index in [4.69, 9.17) is 4.74 Å². The predicted molar refractivity (Wildman–Crippen MR) is 68.0 cm³/mol. The Hall–Kier alpha value is -1.29. The third kappa shape index (κ3) is 3.09. The topological polar surface area (TPSA) is 35.5 Å². The van der Waals surface area contributed by atoms with E-state index in [9.17, 15) is 4.79 Å². The molecule has 4 heteroatoms. The average molecular weight is 297 g/mol. The number of hydrogen-bond donors (Lipinski definition) is 0. The highest BCUT2D eigenvalue weighted by Crippen LogP contribution is 2.30. The third-order valence-electron chi connectivity index (χ3n) is 2.65. The quantitative estimate of drug-likeness (QED) is 0.622. The molecule has 2 rings (SSSR count). The standard InChI is InChI=1S/C13H13BrO3/c1-16-13(15)7-5-11-4-2-9-8-10(14)3-6-12(9)17-11/h3,5-8,11H,2,4H2,1H3/b7-5+/t11-/m1/s1. The van der Waals surface area contributed by atoms with E-state index >= 15 is 0 Å². The molecule has 3 nitrogen and oxygen atoms in total. The molecule has 1 aliphatic heterocycles. The van der Waals surface area contributed by atoms with Crippen LogP contribution in [0.15, 0.2) is 34.8 Å². The Kier molecular flexibility index (Phi) is 3.84. The van der Waals surface area contributed by atoms with E-state index in [1.54, 1.807) is 6.08 Å². The fraction of sp³-hybridized carbons (Fsp3) is 0.308. The minimum absolute atomic E-state index is 0.0530. The Bertz CT molecular complexity index is 454. The van der Waals surface area contributed by atoms with Crippen molar-refractivity contribution in [3.8, 4) is 5.75 Å². The van der Waals surface area contributed by atoms with Crippen LogP contribution in [0.3, 0.4) is 0 Å². The van der Waals surface area contributed by atoms with Gasteiger partial charge in [0.15, 0.2) is 0 Å². The zero-order valence-electron chi connectivity index (χ0n) is 9.48. The fourth-order valence-corrected chi connectivity index (χ4v) is 2.18. The summed E-state index contributed by atoms with van der Waals surface area (Å²) in [5.74, 6) is 0.536. The highest BCUT2D eigenvalue weighted by atomic mass is 79.9. The first kappa shape index (κ1) is 12.2. The molecule has 1 atom stereocenters. The van der Waals surface area contributed by atoms with Gasteiger partial charge in [-0.05, 0) is 42.7 Å². The summed E-state index contributed by atoms with van der Waals surface area (Å²) in [6.45, 7) is 0. The van der Waals surface area contributed by atoms with Crippen LogP contribution in [0.5, 0.6) is 5.75 Å². The van der Waals surface area contributed by atoms with Crippen LogP contribution in [0.2, 0.25) is 0 Å². The molecule has 1 aromatic rings. The molecule has 0 amide bonds. The van der Waals surface area contributed by atoms with Crippen LogP contribution in [-0.4, -0.2) is 19.2 Å². The van der Waals surface area contributed by atoms with Gasteiger partial charge in [0.05, 0.1) is 7.11 Å². The number of hydrogen-bond acceptors (Lipinski definition) is 3. The number of aryl methyl sites for hydroxylation is 1. The van der Waals surface area contributed by atoms with E-state index in [0.717, 1.165) is 23.1 Å². The first-order chi connectivity index (χ1) is 8.19. The van der Waals surface area contributed by atoms with Crippen molar-refractivity contribution in [2.24, 2.45) is 0 Å². The highest BCUT2D eigenvalue weighted by Gasteiger charge is 2.17. The lowest BCUT2D eigenvalue weighted by Gasteiger charge is -2.23. The van der Waals surface area contributed by atoms with Crippen molar-refractivity contribution in [1.82, 2.24) is 0 Å². The van der Waals surface area contributed by atoms with E-state index in [1.807, 2.05) is 12.1 Å². The van der Waals surface area contributed by atoms with Gasteiger partial charge in [-0.2, -0.15) is 0 Å². The van der Waals surface area contributed by atoms with Gasteiger partial charge >= 0.3 is 5.97 Å². The molecule has 0 saturated heterocycles. The molecule has 0 radical (unpaired) electrons. The van der Waals surface area contributed by atoms with Crippen LogP contribution in [0, 0.1) is 0 Å². The van der Waals surface area contributed by atoms with Gasteiger partial charge in [-0.1, -0.05) is 15.9 Å². The van der Waals surface area contributed by atoms with Crippen molar-refractivity contribution in [1.29, 1.82) is 0 Å². The Balaban J connectivity index is 2.06. The monoisotopic (exact) mass is 296 g/mol. The predicted octanol–water partition coefficient (Wildman–Crippen LogP) is 2.87. The van der Waals surface area contributed by atoms with Crippen molar-refractivity contribution in [3.05, 3.63) is 40.4 Å². The van der Waals surface area contributed by atoms with Crippen molar-refractivity contribution in [2.45, 2.75) is 18.9 Å². The maximum Gasteiger partial charge on any atom is 0.330 e. The molecular formula is C13H13BrO3. The second kappa shape index (κ2) is 5.36. The van der Waals surface area contributed by atoms with E-state index in [-0.39, 0.29) is 12.1 Å². The molecule has 0 spiro atoms. The second-order valence-electron chi connectivity index (χ2n) is 3.83. The summed E-state index contributed by atoms with van der Waals surface area (Å²) >= 11 is 3.43. The lowest BCUT2D eigenvalue weighted by molar-refractivity contribution is -0.134. The Labute approximate surface area is 109 Å². The third-order valence-corrected chi connectivity index (χ3v) is 3.14. The van der Waals surface area contributed by atoms with Gasteiger partial charge in [0.1, 0.15) is 11.9 Å². The largest absolute Gasteiger partial charge is 0.486 e. The molecule has 1 aliphatic rings. The van der Waals surface area contributed by atoms with Gasteiger partial charge in [0.2, 0.25) is 0 Å². The van der Waals surface area contributed by atoms with Gasteiger partial charge in [-0.15, -0.1) is 0 Å². The molecule has 0 saturated carbocycles. The van der Waals surface area contributed by atoms with E-state index < -0.39 is 0 Å². The summed E-state index contributed by atoms with van der Waals surface area (Å²) in [6.07, 6.45) is 4.93. The van der Waals surface area contributed by atoms with Gasteiger partial charge in [0, 0.05) is 10.5 Å². The molecule has 0 unspecified atom stereocenters. The first-order valence-electron chi connectivity index (χ1n) is 5.40. The lowest BCUT2D eigenvalue weighted by atomic mass is 10.0. The second-order valence-corrected chi connectivity index (χ2v) is 4.74. The molecule has 0 N–H and O–H groups in total. The Morgan fingerprint density at radius 2 is 2.41 bits per heavy atom. The molecular weight excluding hydrogens is 284 g/mol. The van der Waals surface area contributed by atoms with Crippen LogP contribution in [0.1, 0.15) is 12.0 Å². The van der Waals surface area contributed by atoms with E-state index in [2.05, 4.69) is 26.7 Å². The zero-order chi connectivity index (χ0) is 12.3. The van der Waals surface area contributed by atoms with Crippen molar-refractivity contribution in [3.63, 3.8) is 0 Å². The number of carbonyl (C=O) groups excluding carboxylic acids is 1. The molecule has 1 heterocycles. The van der Waals surface area contributed by atoms with Crippen LogP contribution in [0.25, 0.3) is 0 Å². The number of esters is 1. The van der Waals surface area contributed by atoms with Gasteiger partial charge in [-0.3, -0.25) is 0 Å². The average Bonchev–Trinajstić information content (AvgIpc) is 2.35. The Morgan fingerprint density at radius 3 is 3.18 bits per heavy atom. The van der Waals surface area contributed by atoms with Crippen molar-refractivity contribution < 1.29 is 14.3 Å². The summed E-state index contributed by atoms with van der Waals surface area (Å²) in [7, 11) is 1.36. The van der Waals surface area contributed by atoms with Crippen molar-refractivity contribution >= 4 is 21.9 Å². The number of carbonyl (C=O) groups is 1. The summed E-state index contributed by atoms with van der Waals surface area (Å²) in [6, 6.07) is 5.96. The zero-order valence-corrected chi connectivity index (χ0v) is 11.1. The lowest BCUT2D eigenvalue weighted by Crippen LogP contribution is -2.20. The molecule has 90 valence electrons. The molecule has 1 aromatic carbocycles. The Morgan fingerprint density at radius 1 is 1.59 bits per heavy atom. The molecule has 17 heavy (non-hydrogen) atoms. The number of methoxy groups -OCH3 is 1. The molecule has 0 fully saturated rings. The molecule has 0 aromatic heterocycles. The van der Waals surface area contributed by atoms with Crippen LogP contribution >= 0.6 is 15.9 Å². The molecule has 0 aliphatic carbocycles. The number of ether oxygens (including phenoxy) is 2. The minimum Gasteiger partial charge on any atom is -0.486 e. The van der Waals surface area contributed by atoms with Crippen LogP contribution in [0.4, 0.5) is 0 Å². The normalized spacial score (nSPS) is 18.6. The SMILES string of the molecule is COC(=O)/C=C/[C@H]1CCc2cc(Br)ccc2O1. The van der Waals surface area contributed by atoms with Gasteiger partial charge in [0.25, 0.3) is 0 Å². The van der Waals surface area contributed by atoms with Crippen LogP contribution in [-0.2, 0) is 16.0 Å². The number of halogens is 1. The summed E-state index contributed by atoms with van der Waals surface area (Å²) < 4.78 is 11.4. The summed E-state index contributed by atoms with van der Waals surface area (Å²) in [4.78, 5) is 11.0. The first-order valence-corrected chi connectivity index (χ1v) is 6.19. The van der Waals surface area contributed by atoms with E-state index in [0.29, 0.717) is 0 Å². The molecule has 0 bridgehead atoms. The summed E-state index contributed by atoms with van der Waals surface area (Å²) in [5.41, 5.74) is 1.20. The minimum atomic E-state index is -0.352. The maximum atomic E-state index is 11.0. The summed E-state index contributed by atoms with van der Waals surface area (Å²) in [5, 5.41) is 0. The van der Waals surface area contributed by atoms with Gasteiger partial charge < -0.3 is 9.47 Å².